The smallest absolute Gasteiger partial charge is 0.131 e. The van der Waals surface area contributed by atoms with E-state index >= 15 is 0 Å². The van der Waals surface area contributed by atoms with Crippen molar-refractivity contribution < 1.29 is 4.39 Å². The maximum Gasteiger partial charge on any atom is 0.131 e. The summed E-state index contributed by atoms with van der Waals surface area (Å²) in [6.45, 7) is 0. The number of aromatic nitrogens is 1. The summed E-state index contributed by atoms with van der Waals surface area (Å²) in [7, 11) is 0. The second-order valence-corrected chi connectivity index (χ2v) is 6.85. The molecule has 0 radical (unpaired) electrons. The van der Waals surface area contributed by atoms with Crippen LogP contribution in [0.4, 0.5) is 4.39 Å². The van der Waals surface area contributed by atoms with E-state index in [1.54, 1.807) is 6.07 Å². The molecule has 4 aromatic carbocycles. The molecule has 0 unspecified atom stereocenters. The highest BCUT2D eigenvalue weighted by Crippen LogP contribution is 2.36. The summed E-state index contributed by atoms with van der Waals surface area (Å²) in [5.41, 5.74) is 5.45. The van der Waals surface area contributed by atoms with E-state index in [4.69, 9.17) is 0 Å². The highest BCUT2D eigenvalue weighted by molar-refractivity contribution is 6.12. The summed E-state index contributed by atoms with van der Waals surface area (Å²) >= 11 is 0. The van der Waals surface area contributed by atoms with Crippen LogP contribution < -0.4 is 0 Å². The van der Waals surface area contributed by atoms with Crippen LogP contribution in [0.15, 0.2) is 91.0 Å². The Morgan fingerprint density at radius 2 is 1.39 bits per heavy atom. The van der Waals surface area contributed by atoms with Crippen LogP contribution >= 0.6 is 0 Å². The number of hydrogen-bond donors (Lipinski definition) is 1. The number of benzene rings is 4. The monoisotopic (exact) mass is 363 g/mol. The van der Waals surface area contributed by atoms with E-state index < -0.39 is 0 Å². The van der Waals surface area contributed by atoms with Crippen molar-refractivity contribution in [1.29, 1.82) is 0 Å². The highest BCUT2D eigenvalue weighted by atomic mass is 19.1. The van der Waals surface area contributed by atoms with Gasteiger partial charge in [-0.3, -0.25) is 0 Å². The molecule has 0 amide bonds. The Balaban J connectivity index is 1.73. The number of para-hydroxylation sites is 2. The van der Waals surface area contributed by atoms with Crippen LogP contribution in [0, 0.1) is 5.82 Å². The van der Waals surface area contributed by atoms with E-state index in [2.05, 4.69) is 23.2 Å². The van der Waals surface area contributed by atoms with Crippen molar-refractivity contribution in [2.75, 3.05) is 0 Å². The number of fused-ring (bicyclic) bond motifs is 3. The van der Waals surface area contributed by atoms with Gasteiger partial charge < -0.3 is 4.98 Å². The lowest BCUT2D eigenvalue weighted by molar-refractivity contribution is 0.631. The van der Waals surface area contributed by atoms with Crippen molar-refractivity contribution in [3.05, 3.63) is 108 Å². The molecule has 0 fully saturated rings. The van der Waals surface area contributed by atoms with Gasteiger partial charge in [-0.15, -0.1) is 0 Å². The molecular weight excluding hydrogens is 345 g/mol. The van der Waals surface area contributed by atoms with Crippen molar-refractivity contribution in [1.82, 2.24) is 4.98 Å². The van der Waals surface area contributed by atoms with Gasteiger partial charge >= 0.3 is 0 Å². The van der Waals surface area contributed by atoms with Gasteiger partial charge in [0, 0.05) is 27.4 Å². The van der Waals surface area contributed by atoms with Crippen molar-refractivity contribution in [2.45, 2.75) is 0 Å². The van der Waals surface area contributed by atoms with Crippen LogP contribution in [0.1, 0.15) is 11.1 Å². The first-order valence-electron chi connectivity index (χ1n) is 9.33. The summed E-state index contributed by atoms with van der Waals surface area (Å²) in [6, 6.07) is 29.5. The topological polar surface area (TPSA) is 15.8 Å². The zero-order valence-corrected chi connectivity index (χ0v) is 15.2. The molecule has 0 saturated heterocycles. The van der Waals surface area contributed by atoms with Gasteiger partial charge in [-0.25, -0.2) is 4.39 Å². The number of H-pyrrole nitrogens is 1. The predicted molar refractivity (Wildman–Crippen MR) is 117 cm³/mol. The normalized spacial score (nSPS) is 11.6. The Hall–Kier alpha value is -3.65. The van der Waals surface area contributed by atoms with Crippen molar-refractivity contribution >= 4 is 34.0 Å². The fraction of sp³-hybridized carbons (Fsp3) is 0. The Labute approximate surface area is 162 Å². The van der Waals surface area contributed by atoms with Gasteiger partial charge in [-0.05, 0) is 23.3 Å². The molecule has 0 aliphatic heterocycles. The van der Waals surface area contributed by atoms with Crippen molar-refractivity contribution in [3.8, 4) is 11.1 Å². The van der Waals surface area contributed by atoms with Gasteiger partial charge in [0.15, 0.2) is 0 Å². The summed E-state index contributed by atoms with van der Waals surface area (Å²) in [5.74, 6) is -0.221. The highest BCUT2D eigenvalue weighted by Gasteiger charge is 2.14. The number of halogens is 1. The molecule has 0 saturated carbocycles. The molecule has 0 spiro atoms. The third-order valence-corrected chi connectivity index (χ3v) is 5.11. The lowest BCUT2D eigenvalue weighted by atomic mass is 9.96. The lowest BCUT2D eigenvalue weighted by Crippen LogP contribution is -1.90. The van der Waals surface area contributed by atoms with Gasteiger partial charge in [-0.2, -0.15) is 0 Å². The Bertz CT molecular complexity index is 1310. The number of hydrogen-bond acceptors (Lipinski definition) is 0. The molecule has 0 aliphatic carbocycles. The average Bonchev–Trinajstić information content (AvgIpc) is 3.12. The first-order valence-corrected chi connectivity index (χ1v) is 9.33. The zero-order valence-electron chi connectivity index (χ0n) is 15.2. The molecule has 28 heavy (non-hydrogen) atoms. The van der Waals surface area contributed by atoms with Crippen LogP contribution in [0.3, 0.4) is 0 Å². The molecule has 0 aliphatic rings. The third-order valence-electron chi connectivity index (χ3n) is 5.11. The van der Waals surface area contributed by atoms with Gasteiger partial charge in [-0.1, -0.05) is 91.0 Å². The van der Waals surface area contributed by atoms with Gasteiger partial charge in [0.05, 0.1) is 5.52 Å². The molecule has 1 N–H and O–H groups in total. The lowest BCUT2D eigenvalue weighted by Gasteiger charge is -2.10. The SMILES string of the molecule is Fc1cccc(C=Cc2ccccc2)c1-c1cccc2c1[nH]c1ccccc12. The zero-order chi connectivity index (χ0) is 18.9. The Morgan fingerprint density at radius 3 is 2.29 bits per heavy atom. The molecule has 1 aromatic heterocycles. The second-order valence-electron chi connectivity index (χ2n) is 6.85. The maximum atomic E-state index is 15.0. The maximum absolute atomic E-state index is 15.0. The minimum Gasteiger partial charge on any atom is -0.354 e. The standard InChI is InChI=1S/C26H18FN/c27-23-14-6-10-19(17-16-18-8-2-1-3-9-18)25(23)22-13-7-12-21-20-11-4-5-15-24(20)28-26(21)22/h1-17,28H. The predicted octanol–water partition coefficient (Wildman–Crippen LogP) is 7.30. The second kappa shape index (κ2) is 6.82. The molecule has 0 bridgehead atoms. The van der Waals surface area contributed by atoms with Crippen LogP contribution in [0.25, 0.3) is 45.1 Å². The van der Waals surface area contributed by atoms with E-state index in [1.807, 2.05) is 72.8 Å². The fourth-order valence-corrected chi connectivity index (χ4v) is 3.80. The summed E-state index contributed by atoms with van der Waals surface area (Å²) < 4.78 is 15.0. The van der Waals surface area contributed by atoms with Gasteiger partial charge in [0.25, 0.3) is 0 Å². The van der Waals surface area contributed by atoms with E-state index in [-0.39, 0.29) is 5.82 Å². The Kier molecular flexibility index (Phi) is 4.02. The van der Waals surface area contributed by atoms with Gasteiger partial charge in [0.1, 0.15) is 5.82 Å². The van der Waals surface area contributed by atoms with Crippen LogP contribution in [-0.2, 0) is 0 Å². The van der Waals surface area contributed by atoms with Crippen LogP contribution in [0.2, 0.25) is 0 Å². The van der Waals surface area contributed by atoms with E-state index in [0.29, 0.717) is 5.56 Å². The van der Waals surface area contributed by atoms with E-state index in [0.717, 1.165) is 38.5 Å². The third kappa shape index (κ3) is 2.80. The fourth-order valence-electron chi connectivity index (χ4n) is 3.80. The first-order chi connectivity index (χ1) is 13.8. The van der Waals surface area contributed by atoms with E-state index in [9.17, 15) is 4.39 Å². The summed E-state index contributed by atoms with van der Waals surface area (Å²) in [6.07, 6.45) is 4.00. The van der Waals surface area contributed by atoms with Crippen molar-refractivity contribution in [3.63, 3.8) is 0 Å². The van der Waals surface area contributed by atoms with Crippen molar-refractivity contribution in [2.24, 2.45) is 0 Å². The first kappa shape index (κ1) is 16.5. The molecule has 5 aromatic rings. The average molecular weight is 363 g/mol. The van der Waals surface area contributed by atoms with Gasteiger partial charge in [0.2, 0.25) is 0 Å². The molecular formula is C26H18FN. The molecule has 0 atom stereocenters. The number of aromatic amines is 1. The minimum absolute atomic E-state index is 0.221. The quantitative estimate of drug-likeness (QED) is 0.324. The Morgan fingerprint density at radius 1 is 0.643 bits per heavy atom. The molecule has 5 rings (SSSR count). The largest absolute Gasteiger partial charge is 0.354 e. The molecule has 2 heteroatoms. The molecule has 134 valence electrons. The summed E-state index contributed by atoms with van der Waals surface area (Å²) in [4.78, 5) is 3.48. The summed E-state index contributed by atoms with van der Waals surface area (Å²) in [5, 5.41) is 2.26. The number of rotatable bonds is 3. The minimum atomic E-state index is -0.221. The molecule has 1 heterocycles. The molecule has 1 nitrogen and oxygen atoms in total. The van der Waals surface area contributed by atoms with Crippen LogP contribution in [0.5, 0.6) is 0 Å². The van der Waals surface area contributed by atoms with E-state index in [1.165, 1.54) is 6.07 Å². The van der Waals surface area contributed by atoms with Crippen LogP contribution in [-0.4, -0.2) is 4.98 Å². The number of nitrogens with one attached hydrogen (secondary N) is 1.